The molecule has 1 heterocycles. The highest BCUT2D eigenvalue weighted by atomic mass is 16.5. The second-order valence-electron chi connectivity index (χ2n) is 7.27. The molecule has 1 N–H and O–H groups in total. The fourth-order valence-corrected chi connectivity index (χ4v) is 3.29. The van der Waals surface area contributed by atoms with Crippen LogP contribution in [-0.4, -0.2) is 43.3 Å². The number of hydrogen-bond donors (Lipinski definition) is 1. The average Bonchev–Trinajstić information content (AvgIpc) is 2.81. The van der Waals surface area contributed by atoms with Gasteiger partial charge in [-0.25, -0.2) is 5.43 Å². The lowest BCUT2D eigenvalue weighted by molar-refractivity contribution is 0.0342. The van der Waals surface area contributed by atoms with E-state index in [1.165, 1.54) is 5.56 Å². The molecule has 0 aromatic heterocycles. The lowest BCUT2D eigenvalue weighted by atomic mass is 10.1. The Morgan fingerprint density at radius 2 is 1.71 bits per heavy atom. The molecule has 4 rings (SSSR count). The summed E-state index contributed by atoms with van der Waals surface area (Å²) in [4.78, 5) is 14.7. The van der Waals surface area contributed by atoms with Crippen LogP contribution in [0, 0.1) is 0 Å². The summed E-state index contributed by atoms with van der Waals surface area (Å²) >= 11 is 0. The lowest BCUT2D eigenvalue weighted by Gasteiger charge is -2.26. The Balaban J connectivity index is 1.30. The summed E-state index contributed by atoms with van der Waals surface area (Å²) in [5, 5.41) is 4.08. The van der Waals surface area contributed by atoms with Crippen molar-refractivity contribution in [3.8, 4) is 11.5 Å². The Kier molecular flexibility index (Phi) is 7.05. The van der Waals surface area contributed by atoms with Crippen molar-refractivity contribution in [2.75, 3.05) is 26.3 Å². The Bertz CT molecular complexity index is 1010. The van der Waals surface area contributed by atoms with Crippen molar-refractivity contribution in [2.24, 2.45) is 5.10 Å². The highest BCUT2D eigenvalue weighted by molar-refractivity contribution is 5.94. The number of carbonyl (C=O) groups excluding carboxylic acids is 1. The van der Waals surface area contributed by atoms with E-state index >= 15 is 0 Å². The van der Waals surface area contributed by atoms with Crippen molar-refractivity contribution in [1.82, 2.24) is 10.3 Å². The molecule has 0 radical (unpaired) electrons. The molecule has 0 saturated carbocycles. The number of amides is 1. The van der Waals surface area contributed by atoms with Gasteiger partial charge in [0.15, 0.2) is 0 Å². The highest BCUT2D eigenvalue weighted by Crippen LogP contribution is 2.21. The Morgan fingerprint density at radius 1 is 0.968 bits per heavy atom. The average molecular weight is 415 g/mol. The van der Waals surface area contributed by atoms with Crippen LogP contribution in [0.2, 0.25) is 0 Å². The predicted molar refractivity (Wildman–Crippen MR) is 121 cm³/mol. The van der Waals surface area contributed by atoms with Gasteiger partial charge < -0.3 is 9.47 Å². The van der Waals surface area contributed by atoms with E-state index in [0.29, 0.717) is 11.3 Å². The van der Waals surface area contributed by atoms with Gasteiger partial charge in [-0.15, -0.1) is 0 Å². The number of carbonyl (C=O) groups is 1. The van der Waals surface area contributed by atoms with Gasteiger partial charge in [-0.1, -0.05) is 42.5 Å². The molecule has 1 aliphatic rings. The SMILES string of the molecule is O=C(NN=Cc1cccc(Oc2ccccc2)c1)c1ccc(CN2CCOCC2)cc1. The molecule has 31 heavy (non-hydrogen) atoms. The zero-order valence-corrected chi connectivity index (χ0v) is 17.2. The van der Waals surface area contributed by atoms with Crippen molar-refractivity contribution in [3.05, 3.63) is 95.6 Å². The Labute approximate surface area is 182 Å². The standard InChI is InChI=1S/C25H25N3O3/c29-25(22-11-9-20(10-12-22)19-28-13-15-30-16-14-28)27-26-18-21-5-4-8-24(17-21)31-23-6-2-1-3-7-23/h1-12,17-18H,13-16,19H2,(H,27,29). The summed E-state index contributed by atoms with van der Waals surface area (Å²) in [6.45, 7) is 4.30. The molecular weight excluding hydrogens is 390 g/mol. The van der Waals surface area contributed by atoms with Crippen LogP contribution in [0.15, 0.2) is 84.0 Å². The van der Waals surface area contributed by atoms with E-state index in [4.69, 9.17) is 9.47 Å². The molecule has 1 fully saturated rings. The first-order valence-corrected chi connectivity index (χ1v) is 10.3. The quantitative estimate of drug-likeness (QED) is 0.467. The van der Waals surface area contributed by atoms with Gasteiger partial charge in [-0.05, 0) is 47.5 Å². The van der Waals surface area contributed by atoms with Crippen LogP contribution < -0.4 is 10.2 Å². The number of benzene rings is 3. The van der Waals surface area contributed by atoms with E-state index < -0.39 is 0 Å². The Hall–Kier alpha value is -3.48. The molecule has 1 aliphatic heterocycles. The third kappa shape index (κ3) is 6.25. The van der Waals surface area contributed by atoms with Gasteiger partial charge in [0.05, 0.1) is 19.4 Å². The van der Waals surface area contributed by atoms with E-state index in [0.717, 1.165) is 44.2 Å². The van der Waals surface area contributed by atoms with Crippen LogP contribution in [0.5, 0.6) is 11.5 Å². The maximum absolute atomic E-state index is 12.4. The van der Waals surface area contributed by atoms with Gasteiger partial charge in [0.2, 0.25) is 0 Å². The van der Waals surface area contributed by atoms with Gasteiger partial charge in [-0.3, -0.25) is 9.69 Å². The minimum Gasteiger partial charge on any atom is -0.457 e. The monoisotopic (exact) mass is 415 g/mol. The first kappa shape index (κ1) is 20.8. The van der Waals surface area contributed by atoms with Gasteiger partial charge in [0.1, 0.15) is 11.5 Å². The third-order valence-electron chi connectivity index (χ3n) is 4.94. The number of nitrogens with zero attached hydrogens (tertiary/aromatic N) is 2. The molecule has 0 atom stereocenters. The van der Waals surface area contributed by atoms with E-state index in [1.807, 2.05) is 78.9 Å². The molecule has 0 bridgehead atoms. The summed E-state index contributed by atoms with van der Waals surface area (Å²) in [5.74, 6) is 1.23. The topological polar surface area (TPSA) is 63.2 Å². The number of hydrogen-bond acceptors (Lipinski definition) is 5. The minimum absolute atomic E-state index is 0.245. The molecule has 3 aromatic rings. The number of para-hydroxylation sites is 1. The number of rotatable bonds is 7. The summed E-state index contributed by atoms with van der Waals surface area (Å²) < 4.78 is 11.2. The second-order valence-corrected chi connectivity index (χ2v) is 7.27. The summed E-state index contributed by atoms with van der Waals surface area (Å²) in [6, 6.07) is 24.7. The first-order chi connectivity index (χ1) is 15.3. The van der Waals surface area contributed by atoms with Crippen molar-refractivity contribution < 1.29 is 14.3 Å². The molecule has 0 unspecified atom stereocenters. The van der Waals surface area contributed by atoms with Crippen molar-refractivity contribution in [2.45, 2.75) is 6.54 Å². The molecule has 6 heteroatoms. The van der Waals surface area contributed by atoms with Gasteiger partial charge in [0.25, 0.3) is 5.91 Å². The molecule has 1 amide bonds. The van der Waals surface area contributed by atoms with E-state index in [2.05, 4.69) is 15.4 Å². The van der Waals surface area contributed by atoms with Crippen molar-refractivity contribution in [1.29, 1.82) is 0 Å². The molecule has 6 nitrogen and oxygen atoms in total. The summed E-state index contributed by atoms with van der Waals surface area (Å²) in [7, 11) is 0. The zero-order valence-electron chi connectivity index (χ0n) is 17.2. The van der Waals surface area contributed by atoms with Crippen molar-refractivity contribution >= 4 is 12.1 Å². The lowest BCUT2D eigenvalue weighted by Crippen LogP contribution is -2.35. The molecule has 0 spiro atoms. The van der Waals surface area contributed by atoms with Gasteiger partial charge in [0, 0.05) is 25.2 Å². The first-order valence-electron chi connectivity index (χ1n) is 10.3. The fraction of sp³-hybridized carbons (Fsp3) is 0.200. The number of nitrogens with one attached hydrogen (secondary N) is 1. The van der Waals surface area contributed by atoms with E-state index in [9.17, 15) is 4.79 Å². The van der Waals surface area contributed by atoms with E-state index in [1.54, 1.807) is 6.21 Å². The number of morpholine rings is 1. The maximum atomic E-state index is 12.4. The van der Waals surface area contributed by atoms with Crippen LogP contribution >= 0.6 is 0 Å². The molecular formula is C25H25N3O3. The minimum atomic E-state index is -0.245. The van der Waals surface area contributed by atoms with Crippen LogP contribution in [0.1, 0.15) is 21.5 Å². The van der Waals surface area contributed by atoms with Gasteiger partial charge >= 0.3 is 0 Å². The third-order valence-corrected chi connectivity index (χ3v) is 4.94. The van der Waals surface area contributed by atoms with Gasteiger partial charge in [-0.2, -0.15) is 5.10 Å². The second kappa shape index (κ2) is 10.5. The fourth-order valence-electron chi connectivity index (χ4n) is 3.29. The van der Waals surface area contributed by atoms with Crippen molar-refractivity contribution in [3.63, 3.8) is 0 Å². The van der Waals surface area contributed by atoms with Crippen LogP contribution in [0.4, 0.5) is 0 Å². The Morgan fingerprint density at radius 3 is 2.48 bits per heavy atom. The smallest absolute Gasteiger partial charge is 0.271 e. The molecule has 3 aromatic carbocycles. The highest BCUT2D eigenvalue weighted by Gasteiger charge is 2.11. The number of ether oxygens (including phenoxy) is 2. The predicted octanol–water partition coefficient (Wildman–Crippen LogP) is 4.08. The molecule has 158 valence electrons. The van der Waals surface area contributed by atoms with Crippen LogP contribution in [0.25, 0.3) is 0 Å². The maximum Gasteiger partial charge on any atom is 0.271 e. The zero-order chi connectivity index (χ0) is 21.3. The normalized spacial score (nSPS) is 14.5. The summed E-state index contributed by atoms with van der Waals surface area (Å²) in [6.07, 6.45) is 1.60. The largest absolute Gasteiger partial charge is 0.457 e. The summed E-state index contributed by atoms with van der Waals surface area (Å²) in [5.41, 5.74) is 5.16. The van der Waals surface area contributed by atoms with Crippen LogP contribution in [0.3, 0.4) is 0 Å². The van der Waals surface area contributed by atoms with Crippen LogP contribution in [-0.2, 0) is 11.3 Å². The number of hydrazone groups is 1. The molecule has 0 aliphatic carbocycles. The van der Waals surface area contributed by atoms with E-state index in [-0.39, 0.29) is 5.91 Å². The molecule has 1 saturated heterocycles.